The normalized spacial score (nSPS) is 31.6. The highest BCUT2D eigenvalue weighted by Crippen LogP contribution is 2.23. The van der Waals surface area contributed by atoms with Gasteiger partial charge in [-0.15, -0.1) is 0 Å². The molecule has 0 aliphatic carbocycles. The minimum absolute atomic E-state index is 0.00870. The monoisotopic (exact) mass is 228 g/mol. The van der Waals surface area contributed by atoms with Crippen molar-refractivity contribution in [3.63, 3.8) is 0 Å². The SMILES string of the molecule is CN1CCCCC1N1C[C@H](C(=O)O)OC1=O. The molecule has 1 N–H and O–H groups in total. The highest BCUT2D eigenvalue weighted by atomic mass is 16.6. The Morgan fingerprint density at radius 2 is 2.25 bits per heavy atom. The van der Waals surface area contributed by atoms with Crippen molar-refractivity contribution in [2.75, 3.05) is 20.1 Å². The van der Waals surface area contributed by atoms with E-state index in [0.29, 0.717) is 0 Å². The van der Waals surface area contributed by atoms with Gasteiger partial charge in [0.1, 0.15) is 0 Å². The van der Waals surface area contributed by atoms with Crippen LogP contribution in [-0.4, -0.2) is 59.4 Å². The Balaban J connectivity index is 2.04. The molecular formula is C10H16N2O4. The minimum Gasteiger partial charge on any atom is -0.478 e. The van der Waals surface area contributed by atoms with Crippen LogP contribution < -0.4 is 0 Å². The zero-order valence-electron chi connectivity index (χ0n) is 9.26. The number of hydrogen-bond acceptors (Lipinski definition) is 4. The van der Waals surface area contributed by atoms with Gasteiger partial charge >= 0.3 is 12.1 Å². The van der Waals surface area contributed by atoms with Crippen LogP contribution in [0.5, 0.6) is 0 Å². The molecule has 0 aromatic carbocycles. The van der Waals surface area contributed by atoms with Crippen LogP contribution in [0.3, 0.4) is 0 Å². The Morgan fingerprint density at radius 3 is 2.81 bits per heavy atom. The van der Waals surface area contributed by atoms with E-state index in [9.17, 15) is 9.59 Å². The molecule has 2 aliphatic rings. The number of cyclic esters (lactones) is 1. The first-order chi connectivity index (χ1) is 7.59. The summed E-state index contributed by atoms with van der Waals surface area (Å²) < 4.78 is 4.80. The van der Waals surface area contributed by atoms with E-state index in [-0.39, 0.29) is 12.7 Å². The molecule has 16 heavy (non-hydrogen) atoms. The summed E-state index contributed by atoms with van der Waals surface area (Å²) >= 11 is 0. The van der Waals surface area contributed by atoms with Gasteiger partial charge in [-0.25, -0.2) is 9.59 Å². The summed E-state index contributed by atoms with van der Waals surface area (Å²) in [5.41, 5.74) is 0. The first kappa shape index (κ1) is 11.2. The van der Waals surface area contributed by atoms with Gasteiger partial charge in [0.05, 0.1) is 12.7 Å². The summed E-state index contributed by atoms with van der Waals surface area (Å²) in [5, 5.41) is 8.80. The Labute approximate surface area is 93.8 Å². The van der Waals surface area contributed by atoms with Gasteiger partial charge in [0.2, 0.25) is 6.10 Å². The van der Waals surface area contributed by atoms with E-state index < -0.39 is 18.2 Å². The fourth-order valence-corrected chi connectivity index (χ4v) is 2.30. The highest BCUT2D eigenvalue weighted by Gasteiger charge is 2.41. The molecule has 2 rings (SSSR count). The van der Waals surface area contributed by atoms with Crippen LogP contribution in [0.25, 0.3) is 0 Å². The fraction of sp³-hybridized carbons (Fsp3) is 0.800. The lowest BCUT2D eigenvalue weighted by molar-refractivity contribution is -0.144. The average Bonchev–Trinajstić information content (AvgIpc) is 2.61. The second kappa shape index (κ2) is 4.29. The summed E-state index contributed by atoms with van der Waals surface area (Å²) in [4.78, 5) is 25.9. The molecular weight excluding hydrogens is 212 g/mol. The van der Waals surface area contributed by atoms with Crippen molar-refractivity contribution in [3.8, 4) is 0 Å². The fourth-order valence-electron chi connectivity index (χ4n) is 2.30. The molecule has 1 unspecified atom stereocenters. The van der Waals surface area contributed by atoms with E-state index in [1.54, 1.807) is 0 Å². The Morgan fingerprint density at radius 1 is 1.50 bits per heavy atom. The maximum absolute atomic E-state index is 11.5. The number of carboxylic acid groups (broad SMARTS) is 1. The summed E-state index contributed by atoms with van der Waals surface area (Å²) in [7, 11) is 1.95. The molecule has 90 valence electrons. The summed E-state index contributed by atoms with van der Waals surface area (Å²) in [6.07, 6.45) is 1.55. The van der Waals surface area contributed by atoms with Crippen LogP contribution in [0, 0.1) is 0 Å². The number of carbonyl (C=O) groups excluding carboxylic acids is 1. The Bertz CT molecular complexity index is 307. The predicted molar refractivity (Wildman–Crippen MR) is 54.9 cm³/mol. The first-order valence-corrected chi connectivity index (χ1v) is 5.50. The van der Waals surface area contributed by atoms with E-state index in [1.165, 1.54) is 4.90 Å². The zero-order chi connectivity index (χ0) is 11.7. The summed E-state index contributed by atoms with van der Waals surface area (Å²) in [6.45, 7) is 1.09. The van der Waals surface area contributed by atoms with Gasteiger partial charge in [0.15, 0.2) is 0 Å². The molecule has 1 amide bonds. The van der Waals surface area contributed by atoms with Crippen LogP contribution in [0.2, 0.25) is 0 Å². The minimum atomic E-state index is -1.07. The van der Waals surface area contributed by atoms with Gasteiger partial charge in [-0.1, -0.05) is 0 Å². The number of ether oxygens (including phenoxy) is 1. The van der Waals surface area contributed by atoms with Gasteiger partial charge in [0.25, 0.3) is 0 Å². The van der Waals surface area contributed by atoms with Crippen LogP contribution in [0.1, 0.15) is 19.3 Å². The number of rotatable bonds is 2. The average molecular weight is 228 g/mol. The van der Waals surface area contributed by atoms with Gasteiger partial charge in [0, 0.05) is 0 Å². The molecule has 2 saturated heterocycles. The number of carbonyl (C=O) groups is 2. The third-order valence-electron chi connectivity index (χ3n) is 3.21. The van der Waals surface area contributed by atoms with E-state index in [2.05, 4.69) is 4.90 Å². The number of likely N-dealkylation sites (tertiary alicyclic amines) is 1. The second-order valence-corrected chi connectivity index (χ2v) is 4.32. The van der Waals surface area contributed by atoms with Crippen molar-refractivity contribution in [1.29, 1.82) is 0 Å². The number of piperidine rings is 1. The van der Waals surface area contributed by atoms with Gasteiger partial charge in [-0.2, -0.15) is 0 Å². The lowest BCUT2D eigenvalue weighted by Gasteiger charge is -2.37. The standard InChI is InChI=1S/C10H16N2O4/c1-11-5-3-2-4-8(11)12-6-7(9(13)14)16-10(12)15/h7-8H,2-6H2,1H3,(H,13,14)/t7-,8?/m1/s1. The largest absolute Gasteiger partial charge is 0.478 e. The molecule has 0 aromatic heterocycles. The zero-order valence-corrected chi connectivity index (χ0v) is 9.26. The third-order valence-corrected chi connectivity index (χ3v) is 3.21. The Hall–Kier alpha value is -1.30. The maximum Gasteiger partial charge on any atom is 0.412 e. The first-order valence-electron chi connectivity index (χ1n) is 5.50. The van der Waals surface area contributed by atoms with Crippen LogP contribution >= 0.6 is 0 Å². The highest BCUT2D eigenvalue weighted by molar-refractivity contribution is 5.81. The van der Waals surface area contributed by atoms with Gasteiger partial charge in [-0.05, 0) is 32.9 Å². The molecule has 2 aliphatic heterocycles. The van der Waals surface area contributed by atoms with Gasteiger partial charge in [-0.3, -0.25) is 9.80 Å². The molecule has 2 heterocycles. The number of amides is 1. The molecule has 0 bridgehead atoms. The smallest absolute Gasteiger partial charge is 0.412 e. The van der Waals surface area contributed by atoms with Crippen molar-refractivity contribution in [1.82, 2.24) is 9.80 Å². The van der Waals surface area contributed by atoms with Crippen molar-refractivity contribution < 1.29 is 19.4 Å². The number of aliphatic carboxylic acids is 1. The van der Waals surface area contributed by atoms with E-state index in [1.807, 2.05) is 7.05 Å². The van der Waals surface area contributed by atoms with Gasteiger partial charge < -0.3 is 9.84 Å². The lowest BCUT2D eigenvalue weighted by atomic mass is 10.1. The number of hydrogen-bond donors (Lipinski definition) is 1. The maximum atomic E-state index is 11.5. The van der Waals surface area contributed by atoms with Crippen molar-refractivity contribution in [2.24, 2.45) is 0 Å². The molecule has 0 spiro atoms. The topological polar surface area (TPSA) is 70.1 Å². The summed E-state index contributed by atoms with van der Waals surface area (Å²) in [5.74, 6) is -1.07. The van der Waals surface area contributed by atoms with E-state index >= 15 is 0 Å². The van der Waals surface area contributed by atoms with Crippen LogP contribution in [0.15, 0.2) is 0 Å². The predicted octanol–water partition coefficient (Wildman–Crippen LogP) is 0.334. The van der Waals surface area contributed by atoms with E-state index in [4.69, 9.17) is 9.84 Å². The molecule has 0 saturated carbocycles. The Kier molecular flexibility index (Phi) is 3.00. The molecule has 6 heteroatoms. The number of carboxylic acids is 1. The molecule has 0 radical (unpaired) electrons. The van der Waals surface area contributed by atoms with Crippen LogP contribution in [-0.2, 0) is 9.53 Å². The lowest BCUT2D eigenvalue weighted by Crippen LogP contribution is -2.49. The molecule has 0 aromatic rings. The van der Waals surface area contributed by atoms with Crippen molar-refractivity contribution in [2.45, 2.75) is 31.5 Å². The summed E-state index contributed by atoms with van der Waals surface area (Å²) in [6, 6.07) is 0. The second-order valence-electron chi connectivity index (χ2n) is 4.32. The van der Waals surface area contributed by atoms with E-state index in [0.717, 1.165) is 25.8 Å². The number of nitrogens with zero attached hydrogens (tertiary/aromatic N) is 2. The van der Waals surface area contributed by atoms with Crippen molar-refractivity contribution >= 4 is 12.1 Å². The van der Waals surface area contributed by atoms with Crippen molar-refractivity contribution in [3.05, 3.63) is 0 Å². The third kappa shape index (κ3) is 1.97. The molecule has 2 atom stereocenters. The molecule has 2 fully saturated rings. The van der Waals surface area contributed by atoms with Crippen LogP contribution in [0.4, 0.5) is 4.79 Å². The quantitative estimate of drug-likeness (QED) is 0.737. The molecule has 6 nitrogen and oxygen atoms in total.